The maximum Gasteiger partial charge on any atom is 0.219 e. The number of carbonyl (C=O) groups excluding carboxylic acids is 2. The van der Waals surface area contributed by atoms with Crippen LogP contribution >= 0.6 is 0 Å². The van der Waals surface area contributed by atoms with Crippen molar-refractivity contribution >= 4 is 17.4 Å². The number of hydrogen-bond donors (Lipinski definition) is 1. The third kappa shape index (κ3) is 3.22. The summed E-state index contributed by atoms with van der Waals surface area (Å²) in [4.78, 5) is 27.7. The largest absolute Gasteiger partial charge is 0.490 e. The molecule has 3 rings (SSSR count). The van der Waals surface area contributed by atoms with E-state index in [1.54, 1.807) is 6.92 Å². The minimum absolute atomic E-state index is 0.103. The van der Waals surface area contributed by atoms with Gasteiger partial charge in [0.2, 0.25) is 5.91 Å². The molecule has 0 aromatic heterocycles. The Morgan fingerprint density at radius 1 is 1.23 bits per heavy atom. The van der Waals surface area contributed by atoms with E-state index in [1.807, 2.05) is 23.1 Å². The van der Waals surface area contributed by atoms with Crippen LogP contribution in [-0.4, -0.2) is 67.4 Å². The van der Waals surface area contributed by atoms with Gasteiger partial charge in [0, 0.05) is 45.2 Å². The highest BCUT2D eigenvalue weighted by Gasteiger charge is 2.21. The van der Waals surface area contributed by atoms with Crippen molar-refractivity contribution in [3.8, 4) is 5.75 Å². The zero-order valence-electron chi connectivity index (χ0n) is 12.8. The molecule has 118 valence electrons. The van der Waals surface area contributed by atoms with Gasteiger partial charge in [-0.05, 0) is 18.2 Å². The Kier molecular flexibility index (Phi) is 4.29. The number of nitrogens with one attached hydrogen (secondary N) is 1. The lowest BCUT2D eigenvalue weighted by Crippen LogP contribution is -2.49. The minimum Gasteiger partial charge on any atom is -0.490 e. The molecule has 6 heteroatoms. The molecule has 0 atom stereocenters. The quantitative estimate of drug-likeness (QED) is 0.838. The molecule has 2 aliphatic heterocycles. The third-order valence-corrected chi connectivity index (χ3v) is 4.16. The van der Waals surface area contributed by atoms with E-state index >= 15 is 0 Å². The molecular formula is C16H21N3O3. The van der Waals surface area contributed by atoms with Gasteiger partial charge < -0.3 is 15.0 Å². The van der Waals surface area contributed by atoms with E-state index in [1.165, 1.54) is 0 Å². The maximum atomic E-state index is 12.4. The molecule has 0 bridgehead atoms. The molecule has 1 N–H and O–H groups in total. The summed E-state index contributed by atoms with van der Waals surface area (Å²) in [6.45, 7) is 6.28. The standard InChI is InChI=1S/C16H21N3O3/c1-12(20)19-7-5-18(6-8-19)11-15(21)13-2-3-16-14(10-13)17-4-9-22-16/h2-3,10,17H,4-9,11H2,1H3. The summed E-state index contributed by atoms with van der Waals surface area (Å²) in [5, 5.41) is 3.24. The second-order valence-electron chi connectivity index (χ2n) is 5.69. The van der Waals surface area contributed by atoms with Gasteiger partial charge in [-0.2, -0.15) is 0 Å². The Hall–Kier alpha value is -2.08. The first kappa shape index (κ1) is 14.8. The van der Waals surface area contributed by atoms with Crippen molar-refractivity contribution in [3.05, 3.63) is 23.8 Å². The Labute approximate surface area is 130 Å². The van der Waals surface area contributed by atoms with Crippen LogP contribution in [-0.2, 0) is 4.79 Å². The van der Waals surface area contributed by atoms with Gasteiger partial charge in [0.1, 0.15) is 12.4 Å². The van der Waals surface area contributed by atoms with Gasteiger partial charge in [0.05, 0.1) is 12.2 Å². The molecule has 0 aliphatic carbocycles. The lowest BCUT2D eigenvalue weighted by atomic mass is 10.1. The number of nitrogens with zero attached hydrogens (tertiary/aromatic N) is 2. The topological polar surface area (TPSA) is 61.9 Å². The molecule has 0 unspecified atom stereocenters. The molecule has 1 aromatic carbocycles. The Bertz CT molecular complexity index is 580. The Balaban J connectivity index is 1.59. The first-order valence-corrected chi connectivity index (χ1v) is 7.65. The van der Waals surface area contributed by atoms with Crippen LogP contribution in [0.2, 0.25) is 0 Å². The third-order valence-electron chi connectivity index (χ3n) is 4.16. The van der Waals surface area contributed by atoms with Gasteiger partial charge in [-0.15, -0.1) is 0 Å². The summed E-state index contributed by atoms with van der Waals surface area (Å²) in [5.41, 5.74) is 1.59. The molecule has 1 fully saturated rings. The number of ketones is 1. The van der Waals surface area contributed by atoms with Crippen molar-refractivity contribution in [1.29, 1.82) is 0 Å². The molecule has 1 amide bonds. The van der Waals surface area contributed by atoms with Crippen LogP contribution in [0.3, 0.4) is 0 Å². The van der Waals surface area contributed by atoms with Gasteiger partial charge in [0.15, 0.2) is 5.78 Å². The van der Waals surface area contributed by atoms with Crippen molar-refractivity contribution in [2.75, 3.05) is 51.2 Å². The second-order valence-corrected chi connectivity index (χ2v) is 5.69. The Morgan fingerprint density at radius 2 is 2.00 bits per heavy atom. The van der Waals surface area contributed by atoms with Gasteiger partial charge in [-0.25, -0.2) is 0 Å². The zero-order valence-corrected chi connectivity index (χ0v) is 12.8. The molecule has 6 nitrogen and oxygen atoms in total. The van der Waals surface area contributed by atoms with E-state index in [0.29, 0.717) is 31.8 Å². The number of amides is 1. The van der Waals surface area contributed by atoms with Crippen molar-refractivity contribution < 1.29 is 14.3 Å². The SMILES string of the molecule is CC(=O)N1CCN(CC(=O)c2ccc3c(c2)NCCO3)CC1. The first-order chi connectivity index (χ1) is 10.6. The van der Waals surface area contributed by atoms with Crippen LogP contribution in [0.15, 0.2) is 18.2 Å². The first-order valence-electron chi connectivity index (χ1n) is 7.65. The highest BCUT2D eigenvalue weighted by Crippen LogP contribution is 2.28. The number of hydrogen-bond acceptors (Lipinski definition) is 5. The molecule has 2 heterocycles. The predicted octanol–water partition coefficient (Wildman–Crippen LogP) is 0.838. The van der Waals surface area contributed by atoms with Crippen LogP contribution in [0, 0.1) is 0 Å². The highest BCUT2D eigenvalue weighted by atomic mass is 16.5. The average Bonchev–Trinajstić information content (AvgIpc) is 2.55. The number of ether oxygens (including phenoxy) is 1. The van der Waals surface area contributed by atoms with Gasteiger partial charge in [-0.3, -0.25) is 14.5 Å². The molecule has 2 aliphatic rings. The van der Waals surface area contributed by atoms with Crippen molar-refractivity contribution in [2.24, 2.45) is 0 Å². The van der Waals surface area contributed by atoms with Crippen LogP contribution in [0.1, 0.15) is 17.3 Å². The van der Waals surface area contributed by atoms with E-state index in [4.69, 9.17) is 4.74 Å². The van der Waals surface area contributed by atoms with Gasteiger partial charge >= 0.3 is 0 Å². The molecule has 1 aromatic rings. The normalized spacial score (nSPS) is 18.1. The average molecular weight is 303 g/mol. The van der Waals surface area contributed by atoms with Crippen LogP contribution < -0.4 is 10.1 Å². The monoisotopic (exact) mass is 303 g/mol. The van der Waals surface area contributed by atoms with E-state index in [0.717, 1.165) is 31.1 Å². The van der Waals surface area contributed by atoms with Gasteiger partial charge in [0.25, 0.3) is 0 Å². The summed E-state index contributed by atoms with van der Waals surface area (Å²) in [7, 11) is 0. The molecule has 1 saturated heterocycles. The smallest absolute Gasteiger partial charge is 0.219 e. The summed E-state index contributed by atoms with van der Waals surface area (Å²) in [5.74, 6) is 1.01. The van der Waals surface area contributed by atoms with E-state index in [-0.39, 0.29) is 11.7 Å². The van der Waals surface area contributed by atoms with E-state index in [2.05, 4.69) is 10.2 Å². The lowest BCUT2D eigenvalue weighted by Gasteiger charge is -2.33. The minimum atomic E-state index is 0.103. The Morgan fingerprint density at radius 3 is 2.73 bits per heavy atom. The number of benzene rings is 1. The summed E-state index contributed by atoms with van der Waals surface area (Å²) in [6, 6.07) is 5.53. The molecule has 22 heavy (non-hydrogen) atoms. The molecule has 0 saturated carbocycles. The fourth-order valence-electron chi connectivity index (χ4n) is 2.83. The second kappa shape index (κ2) is 6.36. The predicted molar refractivity (Wildman–Crippen MR) is 83.5 cm³/mol. The van der Waals surface area contributed by atoms with Crippen LogP contribution in [0.25, 0.3) is 0 Å². The number of piperazine rings is 1. The number of fused-ring (bicyclic) bond motifs is 1. The van der Waals surface area contributed by atoms with Crippen molar-refractivity contribution in [1.82, 2.24) is 9.80 Å². The molecular weight excluding hydrogens is 282 g/mol. The highest BCUT2D eigenvalue weighted by molar-refractivity contribution is 5.98. The van der Waals surface area contributed by atoms with Crippen LogP contribution in [0.5, 0.6) is 5.75 Å². The lowest BCUT2D eigenvalue weighted by molar-refractivity contribution is -0.130. The van der Waals surface area contributed by atoms with Gasteiger partial charge in [-0.1, -0.05) is 0 Å². The zero-order chi connectivity index (χ0) is 15.5. The fourth-order valence-corrected chi connectivity index (χ4v) is 2.83. The summed E-state index contributed by atoms with van der Waals surface area (Å²) < 4.78 is 5.52. The maximum absolute atomic E-state index is 12.4. The number of rotatable bonds is 3. The van der Waals surface area contributed by atoms with E-state index < -0.39 is 0 Å². The van der Waals surface area contributed by atoms with Crippen molar-refractivity contribution in [2.45, 2.75) is 6.92 Å². The summed E-state index contributed by atoms with van der Waals surface area (Å²) >= 11 is 0. The number of Topliss-reactive ketones (excluding diaryl/α,β-unsaturated/α-hetero) is 1. The number of carbonyl (C=O) groups is 2. The molecule has 0 spiro atoms. The molecule has 0 radical (unpaired) electrons. The number of anilines is 1. The van der Waals surface area contributed by atoms with Crippen molar-refractivity contribution in [3.63, 3.8) is 0 Å². The summed E-state index contributed by atoms with van der Waals surface area (Å²) in [6.07, 6.45) is 0. The van der Waals surface area contributed by atoms with Crippen LogP contribution in [0.4, 0.5) is 5.69 Å². The fraction of sp³-hybridized carbons (Fsp3) is 0.500. The van der Waals surface area contributed by atoms with E-state index in [9.17, 15) is 9.59 Å².